The van der Waals surface area contributed by atoms with Gasteiger partial charge in [0.1, 0.15) is 11.5 Å². The molecule has 6 rings (SSSR count). The van der Waals surface area contributed by atoms with Gasteiger partial charge in [0, 0.05) is 31.4 Å². The van der Waals surface area contributed by atoms with Crippen LogP contribution in [0.5, 0.6) is 0 Å². The fraction of sp³-hybridized carbons (Fsp3) is 0.231. The van der Waals surface area contributed by atoms with Crippen molar-refractivity contribution in [1.29, 1.82) is 0 Å². The van der Waals surface area contributed by atoms with Crippen molar-refractivity contribution in [3.8, 4) is 10.6 Å². The number of piperidine rings is 1. The Balaban J connectivity index is 1.30. The SMILES string of the molecule is O=C(c1cn(Cc2ccccc2)nc1-c1cccs1)N1CCCC(c2nnc3ccccn23)C1. The minimum Gasteiger partial charge on any atom is -0.338 e. The predicted octanol–water partition coefficient (Wildman–Crippen LogP) is 4.72. The van der Waals surface area contributed by atoms with E-state index in [-0.39, 0.29) is 11.8 Å². The molecule has 7 nitrogen and oxygen atoms in total. The van der Waals surface area contributed by atoms with E-state index in [2.05, 4.69) is 22.3 Å². The lowest BCUT2D eigenvalue weighted by Gasteiger charge is -2.32. The smallest absolute Gasteiger partial charge is 0.257 e. The molecule has 0 N–H and O–H groups in total. The van der Waals surface area contributed by atoms with Gasteiger partial charge in [-0.15, -0.1) is 21.5 Å². The molecule has 0 saturated carbocycles. The molecule has 5 aromatic rings. The normalized spacial score (nSPS) is 16.2. The third-order valence-electron chi connectivity index (χ3n) is 6.35. The van der Waals surface area contributed by atoms with Crippen molar-refractivity contribution in [2.45, 2.75) is 25.3 Å². The zero-order valence-electron chi connectivity index (χ0n) is 18.6. The molecule has 1 saturated heterocycles. The van der Waals surface area contributed by atoms with E-state index in [4.69, 9.17) is 5.10 Å². The second-order valence-electron chi connectivity index (χ2n) is 8.63. The van der Waals surface area contributed by atoms with Crippen molar-refractivity contribution in [2.24, 2.45) is 0 Å². The minimum atomic E-state index is 0.0289. The fourth-order valence-corrected chi connectivity index (χ4v) is 5.43. The van der Waals surface area contributed by atoms with Crippen molar-refractivity contribution < 1.29 is 4.79 Å². The van der Waals surface area contributed by atoms with E-state index in [0.717, 1.165) is 47.0 Å². The summed E-state index contributed by atoms with van der Waals surface area (Å²) in [6.07, 6.45) is 5.82. The van der Waals surface area contributed by atoms with E-state index in [1.807, 2.05) is 80.3 Å². The Morgan fingerprint density at radius 2 is 1.91 bits per heavy atom. The van der Waals surface area contributed by atoms with Crippen LogP contribution in [-0.4, -0.2) is 48.3 Å². The molecule has 34 heavy (non-hydrogen) atoms. The van der Waals surface area contributed by atoms with E-state index in [1.54, 1.807) is 11.3 Å². The van der Waals surface area contributed by atoms with Gasteiger partial charge >= 0.3 is 0 Å². The molecule has 1 atom stereocenters. The van der Waals surface area contributed by atoms with Crippen molar-refractivity contribution in [3.05, 3.63) is 95.4 Å². The number of likely N-dealkylation sites (tertiary alicyclic amines) is 1. The number of rotatable bonds is 5. The minimum absolute atomic E-state index is 0.0289. The third-order valence-corrected chi connectivity index (χ3v) is 7.22. The zero-order chi connectivity index (χ0) is 22.9. The first-order chi connectivity index (χ1) is 16.8. The lowest BCUT2D eigenvalue weighted by atomic mass is 9.96. The van der Waals surface area contributed by atoms with Crippen molar-refractivity contribution in [1.82, 2.24) is 29.3 Å². The Bertz CT molecular complexity index is 1420. The molecule has 1 amide bonds. The molecular weight excluding hydrogens is 444 g/mol. The molecule has 170 valence electrons. The van der Waals surface area contributed by atoms with Crippen LogP contribution in [0.15, 0.2) is 78.4 Å². The second kappa shape index (κ2) is 8.87. The number of nitrogens with zero attached hydrogens (tertiary/aromatic N) is 6. The third kappa shape index (κ3) is 3.90. The number of pyridine rings is 1. The Kier molecular flexibility index (Phi) is 5.43. The Morgan fingerprint density at radius 1 is 1.03 bits per heavy atom. The van der Waals surface area contributed by atoms with Crippen LogP contribution in [0.4, 0.5) is 0 Å². The molecule has 1 aliphatic heterocycles. The Labute approximate surface area is 201 Å². The summed E-state index contributed by atoms with van der Waals surface area (Å²) < 4.78 is 3.92. The molecule has 1 aromatic carbocycles. The average Bonchev–Trinajstić information content (AvgIpc) is 3.64. The monoisotopic (exact) mass is 468 g/mol. The highest BCUT2D eigenvalue weighted by molar-refractivity contribution is 7.13. The lowest BCUT2D eigenvalue weighted by Crippen LogP contribution is -2.39. The highest BCUT2D eigenvalue weighted by Gasteiger charge is 2.31. The summed E-state index contributed by atoms with van der Waals surface area (Å²) >= 11 is 1.61. The first kappa shape index (κ1) is 20.8. The maximum atomic E-state index is 13.8. The fourth-order valence-electron chi connectivity index (χ4n) is 4.71. The summed E-state index contributed by atoms with van der Waals surface area (Å²) in [6, 6.07) is 20.1. The number of fused-ring (bicyclic) bond motifs is 1. The average molecular weight is 469 g/mol. The van der Waals surface area contributed by atoms with Crippen LogP contribution in [0.3, 0.4) is 0 Å². The van der Waals surface area contributed by atoms with Gasteiger partial charge in [-0.25, -0.2) is 0 Å². The van der Waals surface area contributed by atoms with Gasteiger partial charge in [0.25, 0.3) is 5.91 Å². The topological polar surface area (TPSA) is 68.3 Å². The number of aromatic nitrogens is 5. The molecule has 0 spiro atoms. The van der Waals surface area contributed by atoms with E-state index < -0.39 is 0 Å². The summed E-state index contributed by atoms with van der Waals surface area (Å²) in [5.41, 5.74) is 3.40. The molecular formula is C26H24N6OS. The van der Waals surface area contributed by atoms with Gasteiger partial charge in [0.05, 0.1) is 17.0 Å². The van der Waals surface area contributed by atoms with Crippen molar-refractivity contribution in [3.63, 3.8) is 0 Å². The van der Waals surface area contributed by atoms with Gasteiger partial charge in [0.2, 0.25) is 0 Å². The quantitative estimate of drug-likeness (QED) is 0.374. The van der Waals surface area contributed by atoms with Crippen LogP contribution < -0.4 is 0 Å². The van der Waals surface area contributed by atoms with E-state index in [1.165, 1.54) is 0 Å². The van der Waals surface area contributed by atoms with Crippen LogP contribution in [0.25, 0.3) is 16.2 Å². The van der Waals surface area contributed by atoms with Gasteiger partial charge in [-0.3, -0.25) is 13.9 Å². The summed E-state index contributed by atoms with van der Waals surface area (Å²) in [7, 11) is 0. The van der Waals surface area contributed by atoms with E-state index >= 15 is 0 Å². The van der Waals surface area contributed by atoms with Crippen LogP contribution in [0.1, 0.15) is 40.5 Å². The molecule has 1 fully saturated rings. The summed E-state index contributed by atoms with van der Waals surface area (Å²) in [6.45, 7) is 1.99. The predicted molar refractivity (Wildman–Crippen MR) is 132 cm³/mol. The molecule has 8 heteroatoms. The van der Waals surface area contributed by atoms with Crippen LogP contribution >= 0.6 is 11.3 Å². The van der Waals surface area contributed by atoms with Gasteiger partial charge in [-0.05, 0) is 42.0 Å². The number of carbonyl (C=O) groups is 1. The Morgan fingerprint density at radius 3 is 2.76 bits per heavy atom. The van der Waals surface area contributed by atoms with Crippen LogP contribution in [-0.2, 0) is 6.54 Å². The molecule has 5 heterocycles. The zero-order valence-corrected chi connectivity index (χ0v) is 19.4. The van der Waals surface area contributed by atoms with E-state index in [9.17, 15) is 4.79 Å². The van der Waals surface area contributed by atoms with Gasteiger partial charge in [-0.2, -0.15) is 5.10 Å². The first-order valence-electron chi connectivity index (χ1n) is 11.5. The summed E-state index contributed by atoms with van der Waals surface area (Å²) in [5, 5.41) is 15.6. The molecule has 0 radical (unpaired) electrons. The maximum Gasteiger partial charge on any atom is 0.257 e. The highest BCUT2D eigenvalue weighted by Crippen LogP contribution is 2.31. The number of carbonyl (C=O) groups excluding carboxylic acids is 1. The highest BCUT2D eigenvalue weighted by atomic mass is 32.1. The maximum absolute atomic E-state index is 13.8. The van der Waals surface area contributed by atoms with Crippen molar-refractivity contribution in [2.75, 3.05) is 13.1 Å². The van der Waals surface area contributed by atoms with Gasteiger partial charge in [-0.1, -0.05) is 42.5 Å². The molecule has 0 aliphatic carbocycles. The first-order valence-corrected chi connectivity index (χ1v) is 12.4. The lowest BCUT2D eigenvalue weighted by molar-refractivity contribution is 0.0705. The van der Waals surface area contributed by atoms with Gasteiger partial charge < -0.3 is 4.90 Å². The standard InChI is InChI=1S/C26H24N6OS/c33-26(30-13-6-10-20(17-30)25-28-27-23-12-4-5-14-32(23)25)21-18-31(16-19-8-2-1-3-9-19)29-24(21)22-11-7-15-34-22/h1-5,7-9,11-12,14-15,18,20H,6,10,13,16-17H2. The van der Waals surface area contributed by atoms with E-state index in [0.29, 0.717) is 18.7 Å². The number of benzene rings is 1. The number of hydrogen-bond donors (Lipinski definition) is 0. The van der Waals surface area contributed by atoms with Gasteiger partial charge in [0.15, 0.2) is 5.65 Å². The largest absolute Gasteiger partial charge is 0.338 e. The number of thiophene rings is 1. The van der Waals surface area contributed by atoms with Crippen LogP contribution in [0, 0.1) is 0 Å². The number of hydrogen-bond acceptors (Lipinski definition) is 5. The summed E-state index contributed by atoms with van der Waals surface area (Å²) in [4.78, 5) is 16.8. The van der Waals surface area contributed by atoms with Crippen molar-refractivity contribution >= 4 is 22.9 Å². The molecule has 1 aliphatic rings. The molecule has 4 aromatic heterocycles. The summed E-state index contributed by atoms with van der Waals surface area (Å²) in [5.74, 6) is 1.10. The molecule has 0 bridgehead atoms. The Hall–Kier alpha value is -3.78. The number of amides is 1. The molecule has 1 unspecified atom stereocenters. The second-order valence-corrected chi connectivity index (χ2v) is 9.58. The van der Waals surface area contributed by atoms with Crippen LogP contribution in [0.2, 0.25) is 0 Å².